The Labute approximate surface area is 143 Å². The largest absolute Gasteiger partial charge is 0.494 e. The fraction of sp³-hybridized carbons (Fsp3) is 0.167. The minimum absolute atomic E-state index is 0.166. The van der Waals surface area contributed by atoms with Gasteiger partial charge in [-0.1, -0.05) is 6.07 Å². The van der Waals surface area contributed by atoms with Crippen LogP contribution in [0.25, 0.3) is 11.5 Å². The summed E-state index contributed by atoms with van der Waals surface area (Å²) < 4.78 is 23.8. The molecule has 0 fully saturated rings. The van der Waals surface area contributed by atoms with Gasteiger partial charge in [-0.3, -0.25) is 4.79 Å². The van der Waals surface area contributed by atoms with Gasteiger partial charge in [-0.05, 0) is 48.9 Å². The highest BCUT2D eigenvalue weighted by Crippen LogP contribution is 2.22. The van der Waals surface area contributed by atoms with Crippen molar-refractivity contribution in [2.75, 3.05) is 7.11 Å². The minimum atomic E-state index is -0.468. The zero-order chi connectivity index (χ0) is 17.8. The van der Waals surface area contributed by atoms with Gasteiger partial charge in [-0.2, -0.15) is 0 Å². The number of carbonyl (C=O) groups is 1. The Hall–Kier alpha value is -3.22. The highest BCUT2D eigenvalue weighted by atomic mass is 19.1. The molecule has 1 heterocycles. The van der Waals surface area contributed by atoms with Gasteiger partial charge in [0, 0.05) is 11.1 Å². The first-order valence-corrected chi connectivity index (χ1v) is 7.59. The molecule has 2 aromatic carbocycles. The van der Waals surface area contributed by atoms with E-state index in [2.05, 4.69) is 15.5 Å². The lowest BCUT2D eigenvalue weighted by Crippen LogP contribution is -2.26. The third-order valence-corrected chi connectivity index (χ3v) is 3.78. The second-order valence-corrected chi connectivity index (χ2v) is 5.41. The lowest BCUT2D eigenvalue weighted by atomic mass is 10.1. The van der Waals surface area contributed by atoms with E-state index >= 15 is 0 Å². The van der Waals surface area contributed by atoms with Crippen LogP contribution in [0.2, 0.25) is 0 Å². The van der Waals surface area contributed by atoms with Crippen LogP contribution < -0.4 is 10.1 Å². The molecule has 6 nitrogen and oxygen atoms in total. The Morgan fingerprint density at radius 1 is 1.24 bits per heavy atom. The molecule has 0 saturated carbocycles. The van der Waals surface area contributed by atoms with E-state index in [0.29, 0.717) is 17.0 Å². The maximum Gasteiger partial charge on any atom is 0.251 e. The average molecular weight is 341 g/mol. The summed E-state index contributed by atoms with van der Waals surface area (Å²) in [6, 6.07) is 11.0. The number of rotatable bonds is 5. The first-order valence-electron chi connectivity index (χ1n) is 7.59. The highest BCUT2D eigenvalue weighted by molar-refractivity contribution is 5.94. The molecule has 3 aromatic rings. The average Bonchev–Trinajstić information content (AvgIpc) is 3.16. The van der Waals surface area contributed by atoms with Crippen molar-refractivity contribution >= 4 is 5.91 Å². The fourth-order valence-corrected chi connectivity index (χ4v) is 2.38. The fourth-order valence-electron chi connectivity index (χ4n) is 2.38. The van der Waals surface area contributed by atoms with Crippen molar-refractivity contribution in [3.63, 3.8) is 0 Å². The molecule has 0 bridgehead atoms. The SMILES string of the molecule is COc1ccc([C@H](C)NC(=O)c2ccc(-c3nnco3)cc2)cc1F. The number of nitrogens with one attached hydrogen (secondary N) is 1. The van der Waals surface area contributed by atoms with Gasteiger partial charge in [0.2, 0.25) is 12.3 Å². The molecule has 1 amide bonds. The Balaban J connectivity index is 1.70. The predicted molar refractivity (Wildman–Crippen MR) is 88.6 cm³/mol. The van der Waals surface area contributed by atoms with Gasteiger partial charge in [0.25, 0.3) is 5.91 Å². The Kier molecular flexibility index (Phi) is 4.74. The first kappa shape index (κ1) is 16.6. The van der Waals surface area contributed by atoms with Crippen molar-refractivity contribution in [1.82, 2.24) is 15.5 Å². The normalized spacial score (nSPS) is 11.8. The number of methoxy groups -OCH3 is 1. The van der Waals surface area contributed by atoms with Crippen LogP contribution in [0.15, 0.2) is 53.3 Å². The zero-order valence-electron chi connectivity index (χ0n) is 13.7. The molecule has 0 radical (unpaired) electrons. The Morgan fingerprint density at radius 3 is 2.60 bits per heavy atom. The van der Waals surface area contributed by atoms with Crippen LogP contribution >= 0.6 is 0 Å². The third-order valence-electron chi connectivity index (χ3n) is 3.78. The number of amides is 1. The Bertz CT molecular complexity index is 864. The molecule has 0 aliphatic rings. The van der Waals surface area contributed by atoms with Gasteiger partial charge in [-0.15, -0.1) is 10.2 Å². The summed E-state index contributed by atoms with van der Waals surface area (Å²) >= 11 is 0. The predicted octanol–water partition coefficient (Wildman–Crippen LogP) is 3.38. The van der Waals surface area contributed by atoms with Gasteiger partial charge in [0.05, 0.1) is 13.2 Å². The van der Waals surface area contributed by atoms with Crippen molar-refractivity contribution < 1.29 is 18.3 Å². The number of ether oxygens (including phenoxy) is 1. The van der Waals surface area contributed by atoms with Gasteiger partial charge >= 0.3 is 0 Å². The van der Waals surface area contributed by atoms with E-state index in [1.54, 1.807) is 37.3 Å². The summed E-state index contributed by atoms with van der Waals surface area (Å²) in [5.41, 5.74) is 1.84. The van der Waals surface area contributed by atoms with Crippen LogP contribution in [-0.4, -0.2) is 23.2 Å². The number of carbonyl (C=O) groups excluding carboxylic acids is 1. The standard InChI is InChI=1S/C18H16FN3O3/c1-11(14-7-8-16(24-2)15(19)9-14)21-17(23)12-3-5-13(6-4-12)18-22-20-10-25-18/h3-11H,1-2H3,(H,21,23)/t11-/m0/s1. The van der Waals surface area contributed by atoms with Gasteiger partial charge in [0.1, 0.15) is 0 Å². The molecule has 0 saturated heterocycles. The molecule has 128 valence electrons. The Morgan fingerprint density at radius 2 is 2.00 bits per heavy atom. The maximum atomic E-state index is 13.8. The van der Waals surface area contributed by atoms with Gasteiger partial charge in [0.15, 0.2) is 11.6 Å². The number of hydrogen-bond donors (Lipinski definition) is 1. The molecule has 0 aliphatic heterocycles. The molecule has 25 heavy (non-hydrogen) atoms. The summed E-state index contributed by atoms with van der Waals surface area (Å²) in [5.74, 6) is -0.182. The van der Waals surface area contributed by atoms with Crippen LogP contribution in [-0.2, 0) is 0 Å². The topological polar surface area (TPSA) is 77.2 Å². The molecule has 1 atom stereocenters. The van der Waals surface area contributed by atoms with Crippen molar-refractivity contribution in [3.8, 4) is 17.2 Å². The van der Waals surface area contributed by atoms with E-state index in [4.69, 9.17) is 9.15 Å². The maximum absolute atomic E-state index is 13.8. The summed E-state index contributed by atoms with van der Waals surface area (Å²) in [6.07, 6.45) is 1.24. The van der Waals surface area contributed by atoms with E-state index in [1.165, 1.54) is 25.6 Å². The monoisotopic (exact) mass is 341 g/mol. The smallest absolute Gasteiger partial charge is 0.251 e. The third kappa shape index (κ3) is 3.65. The summed E-state index contributed by atoms with van der Waals surface area (Å²) in [4.78, 5) is 12.4. The summed E-state index contributed by atoms with van der Waals surface area (Å²) in [7, 11) is 1.40. The summed E-state index contributed by atoms with van der Waals surface area (Å²) in [6.45, 7) is 1.78. The molecule has 1 aromatic heterocycles. The van der Waals surface area contributed by atoms with E-state index < -0.39 is 5.82 Å². The quantitative estimate of drug-likeness (QED) is 0.770. The molecule has 0 unspecified atom stereocenters. The van der Waals surface area contributed by atoms with Crippen molar-refractivity contribution in [3.05, 3.63) is 65.8 Å². The van der Waals surface area contributed by atoms with Crippen molar-refractivity contribution in [2.24, 2.45) is 0 Å². The van der Waals surface area contributed by atoms with Crippen LogP contribution in [0.3, 0.4) is 0 Å². The van der Waals surface area contributed by atoms with E-state index in [1.807, 2.05) is 0 Å². The lowest BCUT2D eigenvalue weighted by molar-refractivity contribution is 0.0940. The van der Waals surface area contributed by atoms with E-state index in [-0.39, 0.29) is 17.7 Å². The lowest BCUT2D eigenvalue weighted by Gasteiger charge is -2.15. The highest BCUT2D eigenvalue weighted by Gasteiger charge is 2.14. The molecular formula is C18H16FN3O3. The van der Waals surface area contributed by atoms with Crippen LogP contribution in [0.5, 0.6) is 5.75 Å². The molecule has 3 rings (SSSR count). The number of aromatic nitrogens is 2. The van der Waals surface area contributed by atoms with Crippen molar-refractivity contribution in [1.29, 1.82) is 0 Å². The van der Waals surface area contributed by atoms with E-state index in [0.717, 1.165) is 5.56 Å². The molecule has 0 spiro atoms. The van der Waals surface area contributed by atoms with Gasteiger partial charge in [-0.25, -0.2) is 4.39 Å². The molecule has 1 N–H and O–H groups in total. The number of benzene rings is 2. The van der Waals surface area contributed by atoms with Crippen LogP contribution in [0, 0.1) is 5.82 Å². The first-order chi connectivity index (χ1) is 12.1. The second kappa shape index (κ2) is 7.12. The second-order valence-electron chi connectivity index (χ2n) is 5.41. The number of halogens is 1. The molecule has 0 aliphatic carbocycles. The van der Waals surface area contributed by atoms with E-state index in [9.17, 15) is 9.18 Å². The molecule has 7 heteroatoms. The summed E-state index contributed by atoms with van der Waals surface area (Å²) in [5, 5.41) is 10.3. The van der Waals surface area contributed by atoms with Crippen LogP contribution in [0.1, 0.15) is 28.9 Å². The number of hydrogen-bond acceptors (Lipinski definition) is 5. The number of nitrogens with zero attached hydrogens (tertiary/aromatic N) is 2. The van der Waals surface area contributed by atoms with Crippen molar-refractivity contribution in [2.45, 2.75) is 13.0 Å². The van der Waals surface area contributed by atoms with Crippen LogP contribution in [0.4, 0.5) is 4.39 Å². The minimum Gasteiger partial charge on any atom is -0.494 e. The molecular weight excluding hydrogens is 325 g/mol. The van der Waals surface area contributed by atoms with Gasteiger partial charge < -0.3 is 14.5 Å². The zero-order valence-corrected chi connectivity index (χ0v) is 13.7.